The third-order valence-corrected chi connectivity index (χ3v) is 4.71. The van der Waals surface area contributed by atoms with Crippen LogP contribution in [0, 0.1) is 0 Å². The van der Waals surface area contributed by atoms with Crippen LogP contribution in [0.15, 0.2) is 0 Å². The van der Waals surface area contributed by atoms with Crippen LogP contribution in [-0.2, 0) is 57.2 Å². The smallest absolute Gasteiger partial charge is 0.306 e. The largest absolute Gasteiger partial charge is 0.462 e. The van der Waals surface area contributed by atoms with Crippen molar-refractivity contribution in [3.63, 3.8) is 0 Å². The van der Waals surface area contributed by atoms with Crippen LogP contribution in [0.1, 0.15) is 80.1 Å². The molecule has 0 spiro atoms. The van der Waals surface area contributed by atoms with Crippen molar-refractivity contribution in [2.45, 2.75) is 104 Å². The van der Waals surface area contributed by atoms with E-state index in [-0.39, 0.29) is 38.5 Å². The second-order valence-corrected chi connectivity index (χ2v) is 7.45. The number of ether oxygens (including phenoxy) is 6. The summed E-state index contributed by atoms with van der Waals surface area (Å²) in [5, 5.41) is 0. The number of rotatable bonds is 17. The predicted molar refractivity (Wildman–Crippen MR) is 123 cm³/mol. The van der Waals surface area contributed by atoms with Gasteiger partial charge in [-0.25, -0.2) is 0 Å². The van der Waals surface area contributed by atoms with Crippen molar-refractivity contribution in [1.82, 2.24) is 0 Å². The average molecular weight is 519 g/mol. The zero-order valence-corrected chi connectivity index (χ0v) is 21.9. The molecule has 206 valence electrons. The molecule has 0 aliphatic rings. The van der Waals surface area contributed by atoms with Crippen LogP contribution >= 0.6 is 0 Å². The lowest BCUT2D eigenvalue weighted by molar-refractivity contribution is -0.209. The number of esters is 6. The molecule has 0 heterocycles. The van der Waals surface area contributed by atoms with Crippen LogP contribution < -0.4 is 0 Å². The van der Waals surface area contributed by atoms with Gasteiger partial charge in [0.1, 0.15) is 13.2 Å². The van der Waals surface area contributed by atoms with Gasteiger partial charge in [0.2, 0.25) is 0 Å². The molecule has 12 nitrogen and oxygen atoms in total. The molecule has 0 aliphatic carbocycles. The van der Waals surface area contributed by atoms with Gasteiger partial charge in [-0.1, -0.05) is 41.5 Å². The molecule has 12 heteroatoms. The topological polar surface area (TPSA) is 158 Å². The van der Waals surface area contributed by atoms with Gasteiger partial charge in [-0.15, -0.1) is 0 Å². The summed E-state index contributed by atoms with van der Waals surface area (Å²) < 4.78 is 32.0. The molecule has 0 aliphatic heterocycles. The van der Waals surface area contributed by atoms with E-state index in [2.05, 4.69) is 0 Å². The first-order chi connectivity index (χ1) is 17.1. The molecule has 0 aromatic heterocycles. The molecule has 0 aromatic carbocycles. The van der Waals surface area contributed by atoms with Crippen molar-refractivity contribution >= 4 is 35.8 Å². The zero-order chi connectivity index (χ0) is 27.7. The molecular weight excluding hydrogens is 480 g/mol. The van der Waals surface area contributed by atoms with Crippen molar-refractivity contribution in [3.8, 4) is 0 Å². The monoisotopic (exact) mass is 518 g/mol. The Morgan fingerprint density at radius 1 is 0.417 bits per heavy atom. The van der Waals surface area contributed by atoms with Gasteiger partial charge in [-0.3, -0.25) is 28.8 Å². The van der Waals surface area contributed by atoms with Gasteiger partial charge in [-0.05, 0) is 0 Å². The Morgan fingerprint density at radius 2 is 0.667 bits per heavy atom. The van der Waals surface area contributed by atoms with Crippen molar-refractivity contribution in [2.75, 3.05) is 13.2 Å². The Hall–Kier alpha value is -3.18. The molecule has 0 saturated heterocycles. The lowest BCUT2D eigenvalue weighted by Gasteiger charge is -2.35. The van der Waals surface area contributed by atoms with Crippen LogP contribution in [0.2, 0.25) is 0 Å². The molecule has 0 amide bonds. The van der Waals surface area contributed by atoms with Crippen molar-refractivity contribution in [2.24, 2.45) is 0 Å². The first-order valence-electron chi connectivity index (χ1n) is 12.2. The van der Waals surface area contributed by atoms with E-state index in [0.717, 1.165) is 0 Å². The summed E-state index contributed by atoms with van der Waals surface area (Å²) in [6.07, 6.45) is -6.27. The SMILES string of the molecule is CCC(=O)OC[C@@H](OC(=O)CC)[C@H](OC(=O)CC)[C@H](OC(=O)CC)[C@@H](COC(=O)CC)OC(=O)CC. The standard InChI is InChI=1S/C24H38O12/c1-7-17(25)31-13-15(33-19(27)9-3)23(35-21(29)11-5)24(36-22(30)12-6)16(34-20(28)10-4)14-32-18(26)8-2/h15-16,23-24H,7-14H2,1-6H3/t15-,16-,23-,24+/m1/s1. The lowest BCUT2D eigenvalue weighted by Crippen LogP contribution is -2.54. The van der Waals surface area contributed by atoms with E-state index < -0.39 is 73.4 Å². The van der Waals surface area contributed by atoms with Crippen molar-refractivity contribution in [3.05, 3.63) is 0 Å². The Labute approximate surface area is 211 Å². The van der Waals surface area contributed by atoms with Crippen molar-refractivity contribution < 1.29 is 57.2 Å². The Morgan fingerprint density at radius 3 is 0.917 bits per heavy atom. The van der Waals surface area contributed by atoms with E-state index in [1.807, 2.05) is 0 Å². The minimum absolute atomic E-state index is 0.0197. The van der Waals surface area contributed by atoms with Crippen LogP contribution in [-0.4, -0.2) is 73.4 Å². The Balaban J connectivity index is 6.59. The summed E-state index contributed by atoms with van der Waals surface area (Å²) in [6.45, 7) is 8.09. The Bertz CT molecular complexity index is 685. The van der Waals surface area contributed by atoms with E-state index in [1.165, 1.54) is 27.7 Å². The fourth-order valence-electron chi connectivity index (χ4n) is 2.63. The fraction of sp³-hybridized carbons (Fsp3) is 0.750. The summed E-state index contributed by atoms with van der Waals surface area (Å²) >= 11 is 0. The van der Waals surface area contributed by atoms with Gasteiger partial charge >= 0.3 is 35.8 Å². The first-order valence-corrected chi connectivity index (χ1v) is 12.2. The fourth-order valence-corrected chi connectivity index (χ4v) is 2.63. The van der Waals surface area contributed by atoms with Crippen molar-refractivity contribution in [1.29, 1.82) is 0 Å². The minimum Gasteiger partial charge on any atom is -0.462 e. The molecule has 0 saturated carbocycles. The first kappa shape index (κ1) is 32.8. The third-order valence-electron chi connectivity index (χ3n) is 4.71. The van der Waals surface area contributed by atoms with E-state index in [4.69, 9.17) is 28.4 Å². The van der Waals surface area contributed by atoms with Crippen LogP contribution in [0.25, 0.3) is 0 Å². The highest BCUT2D eigenvalue weighted by molar-refractivity contribution is 5.72. The van der Waals surface area contributed by atoms with Gasteiger partial charge in [0, 0.05) is 38.5 Å². The number of hydrogen-bond donors (Lipinski definition) is 0. The highest BCUT2D eigenvalue weighted by Crippen LogP contribution is 2.22. The summed E-state index contributed by atoms with van der Waals surface area (Å²) in [5.41, 5.74) is 0. The van der Waals surface area contributed by atoms with Gasteiger partial charge < -0.3 is 28.4 Å². The molecule has 36 heavy (non-hydrogen) atoms. The summed E-state index contributed by atoms with van der Waals surface area (Å²) in [6, 6.07) is 0. The van der Waals surface area contributed by atoms with E-state index in [0.29, 0.717) is 0 Å². The van der Waals surface area contributed by atoms with Crippen LogP contribution in [0.3, 0.4) is 0 Å². The van der Waals surface area contributed by atoms with E-state index >= 15 is 0 Å². The molecule has 4 atom stereocenters. The average Bonchev–Trinajstić information content (AvgIpc) is 2.89. The molecule has 0 radical (unpaired) electrons. The molecule has 0 aromatic rings. The summed E-state index contributed by atoms with van der Waals surface area (Å²) in [5.74, 6) is -4.21. The van der Waals surface area contributed by atoms with Gasteiger partial charge in [0.25, 0.3) is 0 Å². The quantitative estimate of drug-likeness (QED) is 0.204. The van der Waals surface area contributed by atoms with Crippen LogP contribution in [0.5, 0.6) is 0 Å². The molecule has 0 bridgehead atoms. The van der Waals surface area contributed by atoms with Gasteiger partial charge in [0.15, 0.2) is 24.4 Å². The van der Waals surface area contributed by atoms with Crippen LogP contribution in [0.4, 0.5) is 0 Å². The number of carbonyl (C=O) groups excluding carboxylic acids is 6. The maximum Gasteiger partial charge on any atom is 0.306 e. The molecule has 0 unspecified atom stereocenters. The highest BCUT2D eigenvalue weighted by atomic mass is 16.6. The summed E-state index contributed by atoms with van der Waals surface area (Å²) in [4.78, 5) is 72.7. The maximum atomic E-state index is 12.3. The normalized spacial score (nSPS) is 13.8. The minimum atomic E-state index is -1.57. The zero-order valence-electron chi connectivity index (χ0n) is 21.9. The highest BCUT2D eigenvalue weighted by Gasteiger charge is 2.45. The lowest BCUT2D eigenvalue weighted by atomic mass is 10.0. The molecule has 0 rings (SSSR count). The van der Waals surface area contributed by atoms with E-state index in [9.17, 15) is 28.8 Å². The predicted octanol–water partition coefficient (Wildman–Crippen LogP) is 2.18. The van der Waals surface area contributed by atoms with Gasteiger partial charge in [-0.2, -0.15) is 0 Å². The van der Waals surface area contributed by atoms with E-state index in [1.54, 1.807) is 13.8 Å². The molecular formula is C24H38O12. The maximum absolute atomic E-state index is 12.3. The summed E-state index contributed by atoms with van der Waals surface area (Å²) in [7, 11) is 0. The van der Waals surface area contributed by atoms with Gasteiger partial charge in [0.05, 0.1) is 0 Å². The number of hydrogen-bond acceptors (Lipinski definition) is 12. The molecule has 0 N–H and O–H groups in total. The molecule has 0 fully saturated rings. The third kappa shape index (κ3) is 12.5. The Kier molecular flexibility index (Phi) is 16.5. The second kappa shape index (κ2) is 18.1. The number of carbonyl (C=O) groups is 6. The second-order valence-electron chi connectivity index (χ2n) is 7.45.